The minimum absolute atomic E-state index is 0.624. The third kappa shape index (κ3) is 3.09. The topological polar surface area (TPSA) is 0 Å². The van der Waals surface area contributed by atoms with Gasteiger partial charge in [0.2, 0.25) is 0 Å². The molecular formula is C12H27BrSi. The molecule has 0 radical (unpaired) electrons. The lowest BCUT2D eigenvalue weighted by Gasteiger charge is -2.44. The van der Waals surface area contributed by atoms with E-state index >= 15 is 0 Å². The van der Waals surface area contributed by atoms with Crippen molar-refractivity contribution in [1.29, 1.82) is 0 Å². The van der Waals surface area contributed by atoms with Crippen molar-refractivity contribution in [2.45, 2.75) is 70.6 Å². The number of halogens is 1. The molecule has 0 bridgehead atoms. The van der Waals surface area contributed by atoms with Gasteiger partial charge in [-0.25, -0.2) is 0 Å². The molecule has 0 aliphatic carbocycles. The summed E-state index contributed by atoms with van der Waals surface area (Å²) in [5, 5.41) is 1.79. The van der Waals surface area contributed by atoms with Crippen molar-refractivity contribution in [3.05, 3.63) is 0 Å². The first-order valence-electron chi connectivity index (χ1n) is 6.05. The molecule has 0 aliphatic rings. The first-order chi connectivity index (χ1) is 6.49. The predicted octanol–water partition coefficient (Wildman–Crippen LogP) is 5.45. The molecule has 0 aromatic carbocycles. The fourth-order valence-electron chi connectivity index (χ4n) is 2.96. The van der Waals surface area contributed by atoms with E-state index in [1.165, 1.54) is 31.0 Å². The van der Waals surface area contributed by atoms with Crippen molar-refractivity contribution in [1.82, 2.24) is 0 Å². The SMILES string of the molecule is CC[Si](CC)(CC)C(C)(C)CCCBr. The zero-order chi connectivity index (χ0) is 11.2. The normalized spacial score (nSPS) is 13.3. The Morgan fingerprint density at radius 3 is 1.71 bits per heavy atom. The van der Waals surface area contributed by atoms with E-state index in [2.05, 4.69) is 50.5 Å². The predicted molar refractivity (Wildman–Crippen MR) is 74.3 cm³/mol. The van der Waals surface area contributed by atoms with Crippen LogP contribution in [-0.4, -0.2) is 13.4 Å². The molecule has 0 aromatic rings. The summed E-state index contributed by atoms with van der Waals surface area (Å²) < 4.78 is 0. The van der Waals surface area contributed by atoms with Crippen LogP contribution in [0, 0.1) is 0 Å². The van der Waals surface area contributed by atoms with Gasteiger partial charge in [-0.15, -0.1) is 0 Å². The van der Waals surface area contributed by atoms with Gasteiger partial charge in [-0.2, -0.15) is 0 Å². The summed E-state index contributed by atoms with van der Waals surface area (Å²) in [7, 11) is -1.00. The Labute approximate surface area is 100 Å². The lowest BCUT2D eigenvalue weighted by Crippen LogP contribution is -2.43. The highest BCUT2D eigenvalue weighted by Crippen LogP contribution is 2.48. The summed E-state index contributed by atoms with van der Waals surface area (Å²) >= 11 is 3.55. The molecule has 0 saturated heterocycles. The van der Waals surface area contributed by atoms with Gasteiger partial charge in [-0.1, -0.05) is 68.7 Å². The average Bonchev–Trinajstić information content (AvgIpc) is 2.18. The molecular weight excluding hydrogens is 252 g/mol. The van der Waals surface area contributed by atoms with Crippen molar-refractivity contribution in [3.8, 4) is 0 Å². The molecule has 0 fully saturated rings. The molecule has 0 nitrogen and oxygen atoms in total. The largest absolute Gasteiger partial charge is 0.0928 e. The van der Waals surface area contributed by atoms with Gasteiger partial charge < -0.3 is 0 Å². The molecule has 0 aliphatic heterocycles. The fraction of sp³-hybridized carbons (Fsp3) is 1.00. The molecule has 0 N–H and O–H groups in total. The molecule has 0 heterocycles. The summed E-state index contributed by atoms with van der Waals surface area (Å²) in [5.74, 6) is 0. The van der Waals surface area contributed by atoms with E-state index in [1.54, 1.807) is 0 Å². The van der Waals surface area contributed by atoms with E-state index < -0.39 is 8.07 Å². The van der Waals surface area contributed by atoms with E-state index in [4.69, 9.17) is 0 Å². The van der Waals surface area contributed by atoms with E-state index in [1.807, 2.05) is 0 Å². The minimum atomic E-state index is -1.00. The van der Waals surface area contributed by atoms with Gasteiger partial charge in [0.05, 0.1) is 8.07 Å². The van der Waals surface area contributed by atoms with Crippen LogP contribution in [0.15, 0.2) is 0 Å². The molecule has 14 heavy (non-hydrogen) atoms. The Morgan fingerprint density at radius 2 is 1.43 bits per heavy atom. The van der Waals surface area contributed by atoms with Gasteiger partial charge in [0, 0.05) is 5.33 Å². The summed E-state index contributed by atoms with van der Waals surface area (Å²) in [6, 6.07) is 4.36. The van der Waals surface area contributed by atoms with Gasteiger partial charge in [0.1, 0.15) is 0 Å². The summed E-state index contributed by atoms with van der Waals surface area (Å²) in [6.45, 7) is 12.3. The van der Waals surface area contributed by atoms with Crippen LogP contribution in [0.1, 0.15) is 47.5 Å². The molecule has 0 unspecified atom stereocenters. The zero-order valence-corrected chi connectivity index (χ0v) is 13.2. The van der Waals surface area contributed by atoms with Gasteiger partial charge in [0.15, 0.2) is 0 Å². The highest BCUT2D eigenvalue weighted by Gasteiger charge is 2.41. The maximum atomic E-state index is 3.55. The second kappa shape index (κ2) is 6.32. The van der Waals surface area contributed by atoms with Crippen LogP contribution in [0.2, 0.25) is 23.2 Å². The summed E-state index contributed by atoms with van der Waals surface area (Å²) in [5.41, 5.74) is 0. The van der Waals surface area contributed by atoms with Crippen molar-refractivity contribution in [2.24, 2.45) is 0 Å². The van der Waals surface area contributed by atoms with Gasteiger partial charge in [-0.3, -0.25) is 0 Å². The highest BCUT2D eigenvalue weighted by molar-refractivity contribution is 9.09. The molecule has 0 aromatic heterocycles. The molecule has 0 saturated carbocycles. The van der Waals surface area contributed by atoms with E-state index in [0.29, 0.717) is 5.04 Å². The third-order valence-corrected chi connectivity index (χ3v) is 12.1. The third-order valence-electron chi connectivity index (χ3n) is 4.40. The zero-order valence-electron chi connectivity index (χ0n) is 10.6. The van der Waals surface area contributed by atoms with Crippen LogP contribution in [-0.2, 0) is 0 Å². The Morgan fingerprint density at radius 1 is 1.00 bits per heavy atom. The average molecular weight is 279 g/mol. The molecule has 0 amide bonds. The van der Waals surface area contributed by atoms with Gasteiger partial charge >= 0.3 is 0 Å². The van der Waals surface area contributed by atoms with Crippen molar-refractivity contribution < 1.29 is 0 Å². The number of hydrogen-bond acceptors (Lipinski definition) is 0. The second-order valence-electron chi connectivity index (χ2n) is 5.02. The first kappa shape index (κ1) is 14.7. The number of alkyl halides is 1. The summed E-state index contributed by atoms with van der Waals surface area (Å²) in [6.07, 6.45) is 2.74. The lowest BCUT2D eigenvalue weighted by molar-refractivity contribution is 0.565. The fourth-order valence-corrected chi connectivity index (χ4v) is 8.32. The van der Waals surface area contributed by atoms with Crippen molar-refractivity contribution >= 4 is 24.0 Å². The Balaban J connectivity index is 4.60. The smallest absolute Gasteiger partial charge is 0.0584 e. The monoisotopic (exact) mass is 278 g/mol. The molecule has 0 atom stereocenters. The van der Waals surface area contributed by atoms with Crippen LogP contribution in [0.4, 0.5) is 0 Å². The van der Waals surface area contributed by atoms with Gasteiger partial charge in [-0.05, 0) is 17.9 Å². The van der Waals surface area contributed by atoms with Crippen molar-refractivity contribution in [2.75, 3.05) is 5.33 Å². The van der Waals surface area contributed by atoms with Crippen LogP contribution < -0.4 is 0 Å². The van der Waals surface area contributed by atoms with Crippen LogP contribution >= 0.6 is 15.9 Å². The van der Waals surface area contributed by atoms with Crippen LogP contribution in [0.5, 0.6) is 0 Å². The summed E-state index contributed by atoms with van der Waals surface area (Å²) in [4.78, 5) is 0. The van der Waals surface area contributed by atoms with E-state index in [9.17, 15) is 0 Å². The van der Waals surface area contributed by atoms with Crippen molar-refractivity contribution in [3.63, 3.8) is 0 Å². The molecule has 86 valence electrons. The Hall–Kier alpha value is 0.697. The standard InChI is InChI=1S/C12H27BrSi/c1-6-14(7-2,8-3)12(4,5)10-9-11-13/h6-11H2,1-5H3. The quantitative estimate of drug-likeness (QED) is 0.429. The maximum absolute atomic E-state index is 3.55. The number of hydrogen-bond donors (Lipinski definition) is 0. The molecule has 0 spiro atoms. The Bertz CT molecular complexity index is 142. The van der Waals surface area contributed by atoms with E-state index in [-0.39, 0.29) is 0 Å². The number of rotatable bonds is 7. The van der Waals surface area contributed by atoms with Crippen LogP contribution in [0.25, 0.3) is 0 Å². The molecule has 2 heteroatoms. The van der Waals surface area contributed by atoms with E-state index in [0.717, 1.165) is 5.33 Å². The van der Waals surface area contributed by atoms with Crippen LogP contribution in [0.3, 0.4) is 0 Å². The first-order valence-corrected chi connectivity index (χ1v) is 9.80. The van der Waals surface area contributed by atoms with Gasteiger partial charge in [0.25, 0.3) is 0 Å². The molecule has 0 rings (SSSR count). The minimum Gasteiger partial charge on any atom is -0.0928 e. The highest BCUT2D eigenvalue weighted by atomic mass is 79.9. The second-order valence-corrected chi connectivity index (χ2v) is 11.8. The maximum Gasteiger partial charge on any atom is 0.0584 e. The lowest BCUT2D eigenvalue weighted by atomic mass is 10.1. The Kier molecular flexibility index (Phi) is 6.63.